The molecule has 0 spiro atoms. The molecular weight excluding hydrogens is 597 g/mol. The molecule has 0 unspecified atom stereocenters. The van der Waals surface area contributed by atoms with Gasteiger partial charge in [0.1, 0.15) is 0 Å². The number of nitrogens with zero attached hydrogens (tertiary/aromatic N) is 5. The Labute approximate surface area is 231 Å². The van der Waals surface area contributed by atoms with Crippen LogP contribution in [0.1, 0.15) is 17.0 Å². The van der Waals surface area contributed by atoms with Gasteiger partial charge in [-0.05, 0) is 91.0 Å². The average Bonchev–Trinajstić information content (AvgIpc) is 3.43. The molecule has 0 aliphatic rings. The van der Waals surface area contributed by atoms with Crippen molar-refractivity contribution in [1.82, 2.24) is 9.24 Å². The topological polar surface area (TPSA) is 77.7 Å². The summed E-state index contributed by atoms with van der Waals surface area (Å²) in [5, 5.41) is 17.9. The van der Waals surface area contributed by atoms with E-state index in [1.807, 2.05) is 41.9 Å². The number of para-hydroxylation sites is 1. The van der Waals surface area contributed by atoms with Crippen LogP contribution in [0.5, 0.6) is 0 Å². The van der Waals surface area contributed by atoms with Crippen molar-refractivity contribution in [3.63, 3.8) is 0 Å². The maximum Gasteiger partial charge on any atom is 0.269 e. The monoisotopic (exact) mass is 619 g/mol. The fraction of sp³-hybridized carbons (Fsp3) is 0.0714. The maximum absolute atomic E-state index is 11.1. The number of aryl methyl sites for hydroxylation is 1. The molecule has 2 aromatic heterocycles. The first kappa shape index (κ1) is 24.8. The minimum atomic E-state index is -0.400. The van der Waals surface area contributed by atoms with Crippen molar-refractivity contribution in [2.45, 2.75) is 13.8 Å². The molecule has 0 bridgehead atoms. The predicted molar refractivity (Wildman–Crippen MR) is 157 cm³/mol. The molecule has 0 amide bonds. The van der Waals surface area contributed by atoms with Crippen molar-refractivity contribution in [3.8, 4) is 16.9 Å². The Hall–Kier alpha value is -3.83. The van der Waals surface area contributed by atoms with E-state index in [0.29, 0.717) is 4.80 Å². The molecule has 5 rings (SSSR count). The second-order valence-electron chi connectivity index (χ2n) is 8.35. The number of rotatable bonds is 6. The van der Waals surface area contributed by atoms with Crippen LogP contribution < -0.4 is 4.80 Å². The van der Waals surface area contributed by atoms with E-state index in [1.54, 1.807) is 16.8 Å². The molecule has 9 heteroatoms. The van der Waals surface area contributed by atoms with E-state index in [9.17, 15) is 10.1 Å². The number of thiazole rings is 1. The van der Waals surface area contributed by atoms with Gasteiger partial charge in [-0.15, -0.1) is 11.3 Å². The molecule has 0 aliphatic carbocycles. The summed E-state index contributed by atoms with van der Waals surface area (Å²) in [6.45, 7) is 4.16. The molecule has 2 heterocycles. The van der Waals surface area contributed by atoms with E-state index < -0.39 is 4.92 Å². The van der Waals surface area contributed by atoms with E-state index in [2.05, 4.69) is 71.3 Å². The Kier molecular flexibility index (Phi) is 7.15. The Balaban J connectivity index is 1.60. The highest BCUT2D eigenvalue weighted by Crippen LogP contribution is 2.25. The first-order valence-electron chi connectivity index (χ1n) is 11.4. The van der Waals surface area contributed by atoms with Gasteiger partial charge in [0.05, 0.1) is 22.5 Å². The lowest BCUT2D eigenvalue weighted by Gasteiger charge is -2.09. The zero-order chi connectivity index (χ0) is 25.9. The fourth-order valence-corrected chi connectivity index (χ4v) is 5.30. The van der Waals surface area contributed by atoms with Crippen LogP contribution >= 0.6 is 33.9 Å². The van der Waals surface area contributed by atoms with E-state index in [0.717, 1.165) is 39.6 Å². The predicted octanol–water partition coefficient (Wildman–Crippen LogP) is 7.25. The van der Waals surface area contributed by atoms with Crippen molar-refractivity contribution < 1.29 is 4.92 Å². The number of benzene rings is 3. The number of nitro groups is 1. The Bertz CT molecular complexity index is 1660. The van der Waals surface area contributed by atoms with Gasteiger partial charge in [-0.3, -0.25) is 10.1 Å². The van der Waals surface area contributed by atoms with Gasteiger partial charge in [-0.1, -0.05) is 18.2 Å². The van der Waals surface area contributed by atoms with Crippen molar-refractivity contribution in [2.75, 3.05) is 0 Å². The molecule has 0 aliphatic heterocycles. The summed E-state index contributed by atoms with van der Waals surface area (Å²) < 4.78 is 5.19. The zero-order valence-corrected chi connectivity index (χ0v) is 23.1. The first-order valence-corrected chi connectivity index (χ1v) is 13.4. The van der Waals surface area contributed by atoms with Crippen molar-refractivity contribution >= 4 is 51.5 Å². The summed E-state index contributed by atoms with van der Waals surface area (Å²) in [6.07, 6.45) is 1.84. The van der Waals surface area contributed by atoms with Crippen molar-refractivity contribution in [3.05, 3.63) is 126 Å². The molecule has 184 valence electrons. The SMILES string of the molecule is Cc1cc(C=Nn2c(-c3ccc([N+](=O)[O-])cc3)csc2=Nc2ccccc2)c(C)n1-c1ccc(I)cc1. The number of aromatic nitrogens is 2. The van der Waals surface area contributed by atoms with Crippen LogP contribution in [0.2, 0.25) is 0 Å². The number of halogens is 1. The molecular formula is C28H22IN5O2S. The summed E-state index contributed by atoms with van der Waals surface area (Å²) in [5.74, 6) is 0. The molecule has 37 heavy (non-hydrogen) atoms. The van der Waals surface area contributed by atoms with Crippen LogP contribution in [0.4, 0.5) is 11.4 Å². The molecule has 7 nitrogen and oxygen atoms in total. The normalized spacial score (nSPS) is 11.9. The Morgan fingerprint density at radius 2 is 1.68 bits per heavy atom. The number of hydrogen-bond donors (Lipinski definition) is 0. The fourth-order valence-electron chi connectivity index (χ4n) is 4.08. The van der Waals surface area contributed by atoms with Gasteiger partial charge in [0, 0.05) is 49.3 Å². The lowest BCUT2D eigenvalue weighted by molar-refractivity contribution is -0.384. The highest BCUT2D eigenvalue weighted by molar-refractivity contribution is 14.1. The van der Waals surface area contributed by atoms with E-state index in [1.165, 1.54) is 27.0 Å². The van der Waals surface area contributed by atoms with Gasteiger partial charge in [-0.2, -0.15) is 5.10 Å². The smallest absolute Gasteiger partial charge is 0.269 e. The number of nitro benzene ring substituents is 1. The number of hydrogen-bond acceptors (Lipinski definition) is 5. The second-order valence-corrected chi connectivity index (χ2v) is 10.4. The summed E-state index contributed by atoms with van der Waals surface area (Å²) >= 11 is 3.77. The number of non-ortho nitro benzene ring substituents is 1. The zero-order valence-electron chi connectivity index (χ0n) is 20.1. The second kappa shape index (κ2) is 10.7. The minimum Gasteiger partial charge on any atom is -0.318 e. The lowest BCUT2D eigenvalue weighted by Crippen LogP contribution is -2.11. The largest absolute Gasteiger partial charge is 0.318 e. The van der Waals surface area contributed by atoms with Crippen LogP contribution in [-0.2, 0) is 0 Å². The van der Waals surface area contributed by atoms with Crippen LogP contribution in [0.15, 0.2) is 100 Å². The third kappa shape index (κ3) is 5.32. The summed E-state index contributed by atoms with van der Waals surface area (Å²) in [5.41, 5.74) is 6.78. The summed E-state index contributed by atoms with van der Waals surface area (Å²) in [4.78, 5) is 16.2. The van der Waals surface area contributed by atoms with Gasteiger partial charge in [0.25, 0.3) is 5.69 Å². The van der Waals surface area contributed by atoms with Crippen LogP contribution in [0.25, 0.3) is 16.9 Å². The molecule has 0 radical (unpaired) electrons. The van der Waals surface area contributed by atoms with Gasteiger partial charge >= 0.3 is 0 Å². The highest BCUT2D eigenvalue weighted by Gasteiger charge is 2.13. The third-order valence-electron chi connectivity index (χ3n) is 5.91. The average molecular weight is 619 g/mol. The van der Waals surface area contributed by atoms with Crippen LogP contribution in [0, 0.1) is 27.5 Å². The highest BCUT2D eigenvalue weighted by atomic mass is 127. The van der Waals surface area contributed by atoms with Crippen LogP contribution in [0.3, 0.4) is 0 Å². The van der Waals surface area contributed by atoms with E-state index in [-0.39, 0.29) is 5.69 Å². The van der Waals surface area contributed by atoms with Crippen molar-refractivity contribution in [1.29, 1.82) is 0 Å². The molecule has 5 aromatic rings. The molecule has 0 fully saturated rings. The lowest BCUT2D eigenvalue weighted by atomic mass is 10.1. The van der Waals surface area contributed by atoms with Gasteiger partial charge in [0.2, 0.25) is 4.80 Å². The quantitative estimate of drug-likeness (QED) is 0.0869. The van der Waals surface area contributed by atoms with E-state index >= 15 is 0 Å². The Morgan fingerprint density at radius 1 is 0.973 bits per heavy atom. The first-order chi connectivity index (χ1) is 17.9. The van der Waals surface area contributed by atoms with Crippen LogP contribution in [-0.4, -0.2) is 20.4 Å². The van der Waals surface area contributed by atoms with Crippen molar-refractivity contribution in [2.24, 2.45) is 10.1 Å². The standard InChI is InChI=1S/C28H22IN5O2S/c1-19-16-22(20(2)32(19)25-14-10-23(29)11-15-25)17-30-33-27(21-8-12-26(13-9-21)34(35)36)18-37-28(33)31-24-6-4-3-5-7-24/h3-18H,1-2H3. The van der Waals surface area contributed by atoms with Gasteiger partial charge in [-0.25, -0.2) is 9.67 Å². The summed E-state index contributed by atoms with van der Waals surface area (Å²) in [7, 11) is 0. The molecule has 3 aromatic carbocycles. The molecule has 0 saturated carbocycles. The molecule has 0 N–H and O–H groups in total. The molecule has 0 atom stereocenters. The Morgan fingerprint density at radius 3 is 2.35 bits per heavy atom. The van der Waals surface area contributed by atoms with Gasteiger partial charge < -0.3 is 4.57 Å². The van der Waals surface area contributed by atoms with Gasteiger partial charge in [0.15, 0.2) is 0 Å². The maximum atomic E-state index is 11.1. The molecule has 0 saturated heterocycles. The summed E-state index contributed by atoms with van der Waals surface area (Å²) in [6, 6.07) is 26.7. The third-order valence-corrected chi connectivity index (χ3v) is 7.44. The minimum absolute atomic E-state index is 0.0475. The van der Waals surface area contributed by atoms with E-state index in [4.69, 9.17) is 10.1 Å².